The van der Waals surface area contributed by atoms with Crippen LogP contribution in [0.2, 0.25) is 0 Å². The van der Waals surface area contributed by atoms with E-state index >= 15 is 0 Å². The Hall–Kier alpha value is -3.89. The van der Waals surface area contributed by atoms with E-state index in [9.17, 15) is 24.5 Å². The lowest BCUT2D eigenvalue weighted by Gasteiger charge is -2.13. The van der Waals surface area contributed by atoms with Crippen molar-refractivity contribution in [2.75, 3.05) is 10.7 Å². The minimum atomic E-state index is -0.606. The van der Waals surface area contributed by atoms with Crippen LogP contribution in [-0.4, -0.2) is 33.3 Å². The van der Waals surface area contributed by atoms with Crippen molar-refractivity contribution in [3.8, 4) is 0 Å². The maximum atomic E-state index is 12.9. The number of thioether (sulfide) groups is 1. The van der Waals surface area contributed by atoms with Crippen LogP contribution in [0.25, 0.3) is 10.2 Å². The van der Waals surface area contributed by atoms with Gasteiger partial charge in [0.05, 0.1) is 37.7 Å². The molecule has 0 radical (unpaired) electrons. The van der Waals surface area contributed by atoms with Gasteiger partial charge in [0, 0.05) is 17.7 Å². The highest BCUT2D eigenvalue weighted by Gasteiger charge is 2.38. The number of imide groups is 1. The number of amides is 2. The molecule has 0 atom stereocenters. The number of thiazole rings is 1. The van der Waals surface area contributed by atoms with E-state index in [4.69, 9.17) is 0 Å². The molecule has 0 N–H and O–H groups in total. The van der Waals surface area contributed by atoms with E-state index in [1.807, 2.05) is 19.1 Å². The highest BCUT2D eigenvalue weighted by molar-refractivity contribution is 8.01. The zero-order valence-electron chi connectivity index (χ0n) is 17.7. The molecule has 0 unspecified atom stereocenters. The van der Waals surface area contributed by atoms with E-state index < -0.39 is 16.7 Å². The second kappa shape index (κ2) is 8.47. The van der Waals surface area contributed by atoms with Crippen LogP contribution in [0.3, 0.4) is 0 Å². The third kappa shape index (κ3) is 3.87. The van der Waals surface area contributed by atoms with Crippen molar-refractivity contribution in [2.24, 2.45) is 0 Å². The summed E-state index contributed by atoms with van der Waals surface area (Å²) in [6.07, 6.45) is 0. The van der Waals surface area contributed by atoms with Gasteiger partial charge in [0.2, 0.25) is 0 Å². The number of fused-ring (bicyclic) bond motifs is 2. The molecule has 4 aromatic rings. The summed E-state index contributed by atoms with van der Waals surface area (Å²) in [6.45, 7) is 1.96. The molecule has 5 rings (SSSR count). The molecule has 3 aromatic carbocycles. The summed E-state index contributed by atoms with van der Waals surface area (Å²) in [5.74, 6) is -0.889. The first-order chi connectivity index (χ1) is 16.3. The van der Waals surface area contributed by atoms with Crippen molar-refractivity contribution in [3.63, 3.8) is 0 Å². The van der Waals surface area contributed by atoms with Crippen molar-refractivity contribution in [1.29, 1.82) is 0 Å². The van der Waals surface area contributed by atoms with E-state index in [1.165, 1.54) is 35.2 Å². The zero-order chi connectivity index (χ0) is 24.0. The number of carbonyl (C=O) groups is 3. The van der Waals surface area contributed by atoms with Crippen LogP contribution in [0.15, 0.2) is 65.0 Å². The number of nitro groups is 1. The van der Waals surface area contributed by atoms with Gasteiger partial charge >= 0.3 is 0 Å². The van der Waals surface area contributed by atoms with Crippen LogP contribution in [0.4, 0.5) is 11.4 Å². The van der Waals surface area contributed by atoms with Gasteiger partial charge in [-0.25, -0.2) is 9.88 Å². The number of anilines is 1. The number of non-ortho nitro benzene ring substituents is 1. The number of Topliss-reactive ketones (excluding diaryl/α,β-unsaturated/α-hetero) is 1. The first-order valence-electron chi connectivity index (χ1n) is 10.1. The van der Waals surface area contributed by atoms with Crippen LogP contribution >= 0.6 is 23.1 Å². The molecular weight excluding hydrogens is 474 g/mol. The molecule has 0 spiro atoms. The molecule has 2 heterocycles. The molecule has 0 fully saturated rings. The normalized spacial score (nSPS) is 12.9. The SMILES string of the molecule is Cc1ccc(C(=O)CSc2nc3ccc(N4C(=O)c5ccc([N+](=O)[O-])cc5C4=O)cc3s2)cc1. The topological polar surface area (TPSA) is 110 Å². The minimum Gasteiger partial charge on any atom is -0.293 e. The fourth-order valence-corrected chi connectivity index (χ4v) is 5.62. The van der Waals surface area contributed by atoms with Crippen LogP contribution in [0.5, 0.6) is 0 Å². The largest absolute Gasteiger partial charge is 0.293 e. The van der Waals surface area contributed by atoms with Crippen LogP contribution in [0.1, 0.15) is 36.6 Å². The molecule has 34 heavy (non-hydrogen) atoms. The van der Waals surface area contributed by atoms with Gasteiger partial charge in [-0.3, -0.25) is 24.5 Å². The summed E-state index contributed by atoms with van der Waals surface area (Å²) >= 11 is 2.70. The van der Waals surface area contributed by atoms with Crippen LogP contribution < -0.4 is 4.90 Å². The van der Waals surface area contributed by atoms with Gasteiger partial charge in [-0.15, -0.1) is 11.3 Å². The third-order valence-corrected chi connectivity index (χ3v) is 7.55. The molecule has 1 aliphatic heterocycles. The van der Waals surface area contributed by atoms with Gasteiger partial charge < -0.3 is 0 Å². The number of aromatic nitrogens is 1. The lowest BCUT2D eigenvalue weighted by molar-refractivity contribution is -0.384. The second-order valence-electron chi connectivity index (χ2n) is 7.64. The number of hydrogen-bond acceptors (Lipinski definition) is 8. The maximum Gasteiger partial charge on any atom is 0.270 e. The number of aryl methyl sites for hydroxylation is 1. The predicted molar refractivity (Wildman–Crippen MR) is 130 cm³/mol. The first kappa shape index (κ1) is 21.9. The van der Waals surface area contributed by atoms with Gasteiger partial charge in [-0.2, -0.15) is 0 Å². The number of hydrogen-bond donors (Lipinski definition) is 0. The average molecular weight is 490 g/mol. The Labute approximate surface area is 201 Å². The Morgan fingerprint density at radius 3 is 2.50 bits per heavy atom. The number of ketones is 1. The maximum absolute atomic E-state index is 12.9. The summed E-state index contributed by atoms with van der Waals surface area (Å²) in [7, 11) is 0. The molecule has 1 aliphatic rings. The molecule has 0 saturated carbocycles. The van der Waals surface area contributed by atoms with Crippen LogP contribution in [0, 0.1) is 17.0 Å². The van der Waals surface area contributed by atoms with Gasteiger partial charge in [-0.1, -0.05) is 41.6 Å². The van der Waals surface area contributed by atoms with Crippen molar-refractivity contribution >= 4 is 62.3 Å². The summed E-state index contributed by atoms with van der Waals surface area (Å²) in [4.78, 5) is 54.2. The van der Waals surface area contributed by atoms with E-state index in [0.29, 0.717) is 21.1 Å². The highest BCUT2D eigenvalue weighted by atomic mass is 32.2. The fraction of sp³-hybridized carbons (Fsp3) is 0.0833. The predicted octanol–water partition coefficient (Wildman–Crippen LogP) is 5.29. The monoisotopic (exact) mass is 489 g/mol. The summed E-state index contributed by atoms with van der Waals surface area (Å²) in [5.41, 5.74) is 2.67. The Morgan fingerprint density at radius 1 is 1.03 bits per heavy atom. The lowest BCUT2D eigenvalue weighted by atomic mass is 10.1. The summed E-state index contributed by atoms with van der Waals surface area (Å²) in [5, 5.41) is 11.0. The Morgan fingerprint density at radius 2 is 1.76 bits per heavy atom. The smallest absolute Gasteiger partial charge is 0.270 e. The van der Waals surface area contributed by atoms with Gasteiger partial charge in [0.15, 0.2) is 10.1 Å². The van der Waals surface area contributed by atoms with Crippen molar-refractivity contribution in [3.05, 3.63) is 93.0 Å². The number of carbonyl (C=O) groups excluding carboxylic acids is 3. The molecule has 0 saturated heterocycles. The van der Waals surface area contributed by atoms with Crippen LogP contribution in [-0.2, 0) is 0 Å². The molecule has 0 bridgehead atoms. The molecule has 10 heteroatoms. The molecule has 1 aromatic heterocycles. The summed E-state index contributed by atoms with van der Waals surface area (Å²) < 4.78 is 1.45. The average Bonchev–Trinajstić information content (AvgIpc) is 3.35. The van der Waals surface area contributed by atoms with E-state index in [-0.39, 0.29) is 28.4 Å². The lowest BCUT2D eigenvalue weighted by Crippen LogP contribution is -2.29. The van der Waals surface area contributed by atoms with E-state index in [1.54, 1.807) is 30.3 Å². The van der Waals surface area contributed by atoms with Gasteiger partial charge in [-0.05, 0) is 31.2 Å². The van der Waals surface area contributed by atoms with Crippen molar-refractivity contribution < 1.29 is 19.3 Å². The molecule has 2 amide bonds. The molecular formula is C24H15N3O5S2. The Kier molecular flexibility index (Phi) is 5.46. The Balaban J connectivity index is 1.37. The molecule has 8 nitrogen and oxygen atoms in total. The zero-order valence-corrected chi connectivity index (χ0v) is 19.3. The first-order valence-corrected chi connectivity index (χ1v) is 11.9. The fourth-order valence-electron chi connectivity index (χ4n) is 3.62. The Bertz CT molecular complexity index is 1510. The van der Waals surface area contributed by atoms with Gasteiger partial charge in [0.25, 0.3) is 17.5 Å². The third-order valence-electron chi connectivity index (χ3n) is 5.39. The minimum absolute atomic E-state index is 0.00469. The van der Waals surface area contributed by atoms with E-state index in [2.05, 4.69) is 4.98 Å². The van der Waals surface area contributed by atoms with Crippen molar-refractivity contribution in [2.45, 2.75) is 11.3 Å². The van der Waals surface area contributed by atoms with Gasteiger partial charge in [0.1, 0.15) is 0 Å². The summed E-state index contributed by atoms with van der Waals surface area (Å²) in [6, 6.07) is 16.1. The highest BCUT2D eigenvalue weighted by Crippen LogP contribution is 2.35. The number of nitrogens with zero attached hydrogens (tertiary/aromatic N) is 3. The molecule has 168 valence electrons. The number of benzene rings is 3. The standard InChI is InChI=1S/C24H15N3O5S2/c1-13-2-4-14(5-3-13)20(28)12-33-24-25-19-9-7-15(11-21(19)34-24)26-22(29)17-8-6-16(27(31)32)10-18(17)23(26)30/h2-11H,12H2,1H3. The quantitative estimate of drug-likeness (QED) is 0.119. The number of rotatable bonds is 6. The molecule has 0 aliphatic carbocycles. The van der Waals surface area contributed by atoms with Crippen molar-refractivity contribution in [1.82, 2.24) is 4.98 Å². The second-order valence-corrected chi connectivity index (χ2v) is 9.90. The van der Waals surface area contributed by atoms with E-state index in [0.717, 1.165) is 21.2 Å². The number of nitro benzene ring substituents is 1.